The van der Waals surface area contributed by atoms with Crippen molar-refractivity contribution >= 4 is 11.9 Å². The van der Waals surface area contributed by atoms with Crippen LogP contribution in [0.5, 0.6) is 5.75 Å². The predicted octanol–water partition coefficient (Wildman–Crippen LogP) is 2.04. The summed E-state index contributed by atoms with van der Waals surface area (Å²) in [5.41, 5.74) is 1.81. The molecule has 0 aromatic heterocycles. The van der Waals surface area contributed by atoms with E-state index in [1.54, 1.807) is 0 Å². The lowest BCUT2D eigenvalue weighted by Gasteiger charge is -2.31. The zero-order chi connectivity index (χ0) is 15.5. The number of hydrogen-bond acceptors (Lipinski definition) is 4. The lowest BCUT2D eigenvalue weighted by Crippen LogP contribution is -2.40. The maximum absolute atomic E-state index is 12.6. The Bertz CT molecular complexity index is 576. The van der Waals surface area contributed by atoms with Crippen LogP contribution in [-0.2, 0) is 16.0 Å². The molecule has 0 aliphatic carbocycles. The number of likely N-dealkylation sites (tertiary alicyclic amines) is 1. The van der Waals surface area contributed by atoms with Crippen molar-refractivity contribution in [1.82, 2.24) is 4.90 Å². The van der Waals surface area contributed by atoms with E-state index in [-0.39, 0.29) is 17.8 Å². The van der Waals surface area contributed by atoms with E-state index in [1.807, 2.05) is 30.0 Å². The SMILES string of the molecule is CCOC(=O)C1CCN(C(=O)c2ccc3c(c2)CCO3)CC1. The number of piperidine rings is 1. The van der Waals surface area contributed by atoms with Gasteiger partial charge in [0.1, 0.15) is 5.75 Å². The van der Waals surface area contributed by atoms with Crippen LogP contribution in [0.1, 0.15) is 35.7 Å². The molecule has 0 atom stereocenters. The zero-order valence-electron chi connectivity index (χ0n) is 12.8. The monoisotopic (exact) mass is 303 g/mol. The molecule has 0 unspecified atom stereocenters. The standard InChI is InChI=1S/C17H21NO4/c1-2-21-17(20)12-5-8-18(9-6-12)16(19)14-3-4-15-13(11-14)7-10-22-15/h3-4,11-12H,2,5-10H2,1H3. The fourth-order valence-corrected chi connectivity index (χ4v) is 3.08. The number of rotatable bonds is 3. The fraction of sp³-hybridized carbons (Fsp3) is 0.529. The summed E-state index contributed by atoms with van der Waals surface area (Å²) in [7, 11) is 0. The van der Waals surface area contributed by atoms with Gasteiger partial charge in [0.25, 0.3) is 5.91 Å². The van der Waals surface area contributed by atoms with Gasteiger partial charge in [-0.15, -0.1) is 0 Å². The van der Waals surface area contributed by atoms with Crippen LogP contribution in [0.3, 0.4) is 0 Å². The van der Waals surface area contributed by atoms with Gasteiger partial charge in [0.2, 0.25) is 0 Å². The van der Waals surface area contributed by atoms with Crippen molar-refractivity contribution in [2.24, 2.45) is 5.92 Å². The van der Waals surface area contributed by atoms with Crippen LogP contribution in [0, 0.1) is 5.92 Å². The fourth-order valence-electron chi connectivity index (χ4n) is 3.08. The second kappa shape index (κ2) is 6.38. The highest BCUT2D eigenvalue weighted by atomic mass is 16.5. The van der Waals surface area contributed by atoms with Crippen molar-refractivity contribution in [3.8, 4) is 5.75 Å². The molecule has 2 aliphatic rings. The molecule has 0 bridgehead atoms. The predicted molar refractivity (Wildman–Crippen MR) is 80.9 cm³/mol. The molecule has 5 heteroatoms. The van der Waals surface area contributed by atoms with Crippen LogP contribution in [0.2, 0.25) is 0 Å². The summed E-state index contributed by atoms with van der Waals surface area (Å²) in [6, 6.07) is 5.63. The molecule has 1 amide bonds. The van der Waals surface area contributed by atoms with Gasteiger partial charge < -0.3 is 14.4 Å². The highest BCUT2D eigenvalue weighted by Gasteiger charge is 2.29. The van der Waals surface area contributed by atoms with Gasteiger partial charge in [-0.05, 0) is 43.5 Å². The molecule has 0 spiro atoms. The van der Waals surface area contributed by atoms with Crippen LogP contribution in [0.25, 0.3) is 0 Å². The van der Waals surface area contributed by atoms with Gasteiger partial charge in [-0.25, -0.2) is 0 Å². The van der Waals surface area contributed by atoms with E-state index in [9.17, 15) is 9.59 Å². The van der Waals surface area contributed by atoms with E-state index in [1.165, 1.54) is 0 Å². The Morgan fingerprint density at radius 1 is 1.32 bits per heavy atom. The minimum absolute atomic E-state index is 0.0389. The second-order valence-electron chi connectivity index (χ2n) is 5.74. The molecule has 22 heavy (non-hydrogen) atoms. The second-order valence-corrected chi connectivity index (χ2v) is 5.74. The van der Waals surface area contributed by atoms with Gasteiger partial charge in [0.05, 0.1) is 19.1 Å². The van der Waals surface area contributed by atoms with Crippen LogP contribution in [0.15, 0.2) is 18.2 Å². The maximum atomic E-state index is 12.6. The van der Waals surface area contributed by atoms with E-state index in [2.05, 4.69) is 0 Å². The van der Waals surface area contributed by atoms with Crippen molar-refractivity contribution in [3.63, 3.8) is 0 Å². The minimum Gasteiger partial charge on any atom is -0.493 e. The molecule has 2 aliphatic heterocycles. The van der Waals surface area contributed by atoms with Crippen LogP contribution in [0.4, 0.5) is 0 Å². The van der Waals surface area contributed by atoms with Crippen molar-refractivity contribution in [3.05, 3.63) is 29.3 Å². The van der Waals surface area contributed by atoms with Gasteiger partial charge in [-0.1, -0.05) is 0 Å². The van der Waals surface area contributed by atoms with Crippen LogP contribution >= 0.6 is 0 Å². The van der Waals surface area contributed by atoms with E-state index in [0.717, 1.165) is 17.7 Å². The van der Waals surface area contributed by atoms with Gasteiger partial charge in [-0.3, -0.25) is 9.59 Å². The Kier molecular flexibility index (Phi) is 4.32. The number of esters is 1. The lowest BCUT2D eigenvalue weighted by molar-refractivity contribution is -0.149. The Morgan fingerprint density at radius 3 is 2.82 bits per heavy atom. The molecule has 5 nitrogen and oxygen atoms in total. The highest BCUT2D eigenvalue weighted by Crippen LogP contribution is 2.27. The molecular formula is C17H21NO4. The normalized spacial score (nSPS) is 17.8. The number of fused-ring (bicyclic) bond motifs is 1. The molecule has 118 valence electrons. The van der Waals surface area contributed by atoms with Gasteiger partial charge in [-0.2, -0.15) is 0 Å². The van der Waals surface area contributed by atoms with Crippen LogP contribution < -0.4 is 4.74 Å². The first-order valence-electron chi connectivity index (χ1n) is 7.90. The lowest BCUT2D eigenvalue weighted by atomic mass is 9.96. The Labute approximate surface area is 130 Å². The summed E-state index contributed by atoms with van der Waals surface area (Å²) in [5, 5.41) is 0. The van der Waals surface area contributed by atoms with Crippen molar-refractivity contribution < 1.29 is 19.1 Å². The van der Waals surface area contributed by atoms with Gasteiger partial charge in [0.15, 0.2) is 0 Å². The number of carbonyl (C=O) groups is 2. The minimum atomic E-state index is -0.135. The summed E-state index contributed by atoms with van der Waals surface area (Å²) in [6.45, 7) is 4.13. The van der Waals surface area contributed by atoms with Gasteiger partial charge in [0, 0.05) is 25.1 Å². The number of carbonyl (C=O) groups excluding carboxylic acids is 2. The number of nitrogens with zero attached hydrogens (tertiary/aromatic N) is 1. The molecule has 1 aromatic carbocycles. The number of benzene rings is 1. The Hall–Kier alpha value is -2.04. The molecule has 3 rings (SSSR count). The molecule has 1 saturated heterocycles. The van der Waals surface area contributed by atoms with Crippen molar-refractivity contribution in [1.29, 1.82) is 0 Å². The summed E-state index contributed by atoms with van der Waals surface area (Å²) < 4.78 is 10.5. The number of ether oxygens (including phenoxy) is 2. The summed E-state index contributed by atoms with van der Waals surface area (Å²) in [5.74, 6) is 0.719. The van der Waals surface area contributed by atoms with Crippen LogP contribution in [-0.4, -0.2) is 43.1 Å². The summed E-state index contributed by atoms with van der Waals surface area (Å²) in [6.07, 6.45) is 2.22. The third kappa shape index (κ3) is 2.93. The molecule has 0 saturated carbocycles. The Balaban J connectivity index is 1.61. The number of hydrogen-bond donors (Lipinski definition) is 0. The smallest absolute Gasteiger partial charge is 0.309 e. The quantitative estimate of drug-likeness (QED) is 0.802. The molecule has 1 fully saturated rings. The van der Waals surface area contributed by atoms with E-state index in [0.29, 0.717) is 44.7 Å². The summed E-state index contributed by atoms with van der Waals surface area (Å²) in [4.78, 5) is 26.1. The molecule has 2 heterocycles. The van der Waals surface area contributed by atoms with E-state index < -0.39 is 0 Å². The average Bonchev–Trinajstić information content (AvgIpc) is 3.02. The third-order valence-electron chi connectivity index (χ3n) is 4.34. The zero-order valence-corrected chi connectivity index (χ0v) is 12.8. The molecular weight excluding hydrogens is 282 g/mol. The Morgan fingerprint density at radius 2 is 2.09 bits per heavy atom. The average molecular weight is 303 g/mol. The number of amides is 1. The molecule has 0 radical (unpaired) electrons. The van der Waals surface area contributed by atoms with Gasteiger partial charge >= 0.3 is 5.97 Å². The van der Waals surface area contributed by atoms with Crippen molar-refractivity contribution in [2.45, 2.75) is 26.2 Å². The molecule has 0 N–H and O–H groups in total. The third-order valence-corrected chi connectivity index (χ3v) is 4.34. The first-order valence-corrected chi connectivity index (χ1v) is 7.90. The first kappa shape index (κ1) is 14.9. The van der Waals surface area contributed by atoms with Crippen molar-refractivity contribution in [2.75, 3.05) is 26.3 Å². The van der Waals surface area contributed by atoms with E-state index >= 15 is 0 Å². The topological polar surface area (TPSA) is 55.8 Å². The van der Waals surface area contributed by atoms with E-state index in [4.69, 9.17) is 9.47 Å². The summed E-state index contributed by atoms with van der Waals surface area (Å²) >= 11 is 0. The highest BCUT2D eigenvalue weighted by molar-refractivity contribution is 5.94. The first-order chi connectivity index (χ1) is 10.7. The maximum Gasteiger partial charge on any atom is 0.309 e. The molecule has 1 aromatic rings. The largest absolute Gasteiger partial charge is 0.493 e.